The molecule has 3 rings (SSSR count). The molecule has 1 unspecified atom stereocenters. The fourth-order valence-corrected chi connectivity index (χ4v) is 3.62. The molecule has 6 heteroatoms. The summed E-state index contributed by atoms with van der Waals surface area (Å²) in [5.41, 5.74) is 1.64. The number of nitrogens with zero attached hydrogens (tertiary/aromatic N) is 3. The summed E-state index contributed by atoms with van der Waals surface area (Å²) in [6.45, 7) is 3.71. The predicted octanol–water partition coefficient (Wildman–Crippen LogP) is 5.55. The summed E-state index contributed by atoms with van der Waals surface area (Å²) in [5, 5.41) is 0. The van der Waals surface area contributed by atoms with Crippen LogP contribution in [0.4, 0.5) is 13.2 Å². The molecule has 0 amide bonds. The smallest absolute Gasteiger partial charge is 0.327 e. The minimum Gasteiger partial charge on any atom is -0.327 e. The monoisotopic (exact) mass is 389 g/mol. The molecular formula is C22H26F3N3. The Balaban J connectivity index is 2.10. The van der Waals surface area contributed by atoms with Gasteiger partial charge >= 0.3 is 6.18 Å². The van der Waals surface area contributed by atoms with Crippen LogP contribution in [-0.2, 0) is 12.7 Å². The Morgan fingerprint density at radius 1 is 1.07 bits per heavy atom. The minimum absolute atomic E-state index is 0.0438. The van der Waals surface area contributed by atoms with Gasteiger partial charge in [-0.05, 0) is 57.2 Å². The van der Waals surface area contributed by atoms with Crippen LogP contribution in [0, 0.1) is 0 Å². The van der Waals surface area contributed by atoms with Crippen LogP contribution < -0.4 is 0 Å². The first-order chi connectivity index (χ1) is 13.3. The lowest BCUT2D eigenvalue weighted by Gasteiger charge is -2.18. The average Bonchev–Trinajstić information content (AvgIpc) is 3.00. The van der Waals surface area contributed by atoms with Crippen molar-refractivity contribution >= 4 is 11.0 Å². The number of imidazole rings is 1. The molecule has 28 heavy (non-hydrogen) atoms. The maximum atomic E-state index is 13.2. The maximum absolute atomic E-state index is 13.2. The molecule has 2 aromatic carbocycles. The van der Waals surface area contributed by atoms with Gasteiger partial charge in [-0.15, -0.1) is 0 Å². The van der Waals surface area contributed by atoms with Crippen LogP contribution in [-0.4, -0.2) is 35.1 Å². The summed E-state index contributed by atoms with van der Waals surface area (Å²) >= 11 is 0. The minimum atomic E-state index is -4.37. The Hall–Kier alpha value is -2.34. The van der Waals surface area contributed by atoms with E-state index in [1.807, 2.05) is 32.3 Å². The van der Waals surface area contributed by atoms with Gasteiger partial charge in [0.15, 0.2) is 0 Å². The van der Waals surface area contributed by atoms with Crippen molar-refractivity contribution < 1.29 is 13.2 Å². The number of hydrogen-bond acceptors (Lipinski definition) is 2. The first kappa shape index (κ1) is 20.4. The number of benzene rings is 2. The van der Waals surface area contributed by atoms with Gasteiger partial charge in [0.2, 0.25) is 0 Å². The van der Waals surface area contributed by atoms with E-state index in [1.54, 1.807) is 6.07 Å². The number of halogens is 3. The number of fused-ring (bicyclic) bond motifs is 1. The van der Waals surface area contributed by atoms with Crippen LogP contribution in [0.25, 0.3) is 11.0 Å². The molecule has 0 spiro atoms. The Bertz CT molecular complexity index is 914. The summed E-state index contributed by atoms with van der Waals surface area (Å²) < 4.78 is 41.6. The molecule has 0 aliphatic carbocycles. The van der Waals surface area contributed by atoms with Crippen molar-refractivity contribution in [1.82, 2.24) is 14.5 Å². The van der Waals surface area contributed by atoms with E-state index >= 15 is 0 Å². The molecule has 0 aliphatic rings. The highest BCUT2D eigenvalue weighted by Gasteiger charge is 2.31. The topological polar surface area (TPSA) is 21.1 Å². The lowest BCUT2D eigenvalue weighted by atomic mass is 9.95. The van der Waals surface area contributed by atoms with Crippen LogP contribution in [0.2, 0.25) is 0 Å². The number of aryl methyl sites for hydroxylation is 1. The van der Waals surface area contributed by atoms with Crippen LogP contribution in [0.3, 0.4) is 0 Å². The highest BCUT2D eigenvalue weighted by Crippen LogP contribution is 2.34. The van der Waals surface area contributed by atoms with Crippen LogP contribution in [0.5, 0.6) is 0 Å². The molecule has 3 nitrogen and oxygen atoms in total. The van der Waals surface area contributed by atoms with E-state index in [9.17, 15) is 13.2 Å². The molecule has 0 radical (unpaired) electrons. The van der Waals surface area contributed by atoms with Crippen molar-refractivity contribution in [3.63, 3.8) is 0 Å². The normalized spacial score (nSPS) is 13.4. The summed E-state index contributed by atoms with van der Waals surface area (Å²) in [7, 11) is 4.03. The molecule has 150 valence electrons. The van der Waals surface area contributed by atoms with E-state index in [2.05, 4.69) is 33.5 Å². The lowest BCUT2D eigenvalue weighted by molar-refractivity contribution is -0.137. The van der Waals surface area contributed by atoms with Crippen molar-refractivity contribution in [2.24, 2.45) is 0 Å². The van der Waals surface area contributed by atoms with Gasteiger partial charge in [0, 0.05) is 12.5 Å². The van der Waals surface area contributed by atoms with Crippen LogP contribution in [0.15, 0.2) is 48.5 Å². The van der Waals surface area contributed by atoms with Gasteiger partial charge in [0.05, 0.1) is 16.6 Å². The van der Waals surface area contributed by atoms with Crippen molar-refractivity contribution in [2.45, 2.75) is 38.4 Å². The summed E-state index contributed by atoms with van der Waals surface area (Å²) in [5.74, 6) is 0.879. The van der Waals surface area contributed by atoms with Gasteiger partial charge in [-0.25, -0.2) is 4.98 Å². The lowest BCUT2D eigenvalue weighted by Crippen LogP contribution is -2.17. The van der Waals surface area contributed by atoms with Crippen molar-refractivity contribution in [1.29, 1.82) is 0 Å². The Kier molecular flexibility index (Phi) is 6.08. The number of rotatable bonds is 7. The highest BCUT2D eigenvalue weighted by atomic mass is 19.4. The van der Waals surface area contributed by atoms with Gasteiger partial charge < -0.3 is 9.47 Å². The van der Waals surface area contributed by atoms with Crippen LogP contribution in [0.1, 0.15) is 42.6 Å². The third kappa shape index (κ3) is 4.38. The first-order valence-corrected chi connectivity index (χ1v) is 9.58. The molecular weight excluding hydrogens is 363 g/mol. The summed E-state index contributed by atoms with van der Waals surface area (Å²) in [6, 6.07) is 13.9. The fourth-order valence-electron chi connectivity index (χ4n) is 3.62. The van der Waals surface area contributed by atoms with Gasteiger partial charge in [-0.3, -0.25) is 0 Å². The molecule has 3 aromatic rings. The molecule has 1 heterocycles. The van der Waals surface area contributed by atoms with Gasteiger partial charge in [0.25, 0.3) is 0 Å². The quantitative estimate of drug-likeness (QED) is 0.528. The number of aromatic nitrogens is 2. The number of alkyl halides is 3. The second kappa shape index (κ2) is 8.35. The van der Waals surface area contributed by atoms with Gasteiger partial charge in [-0.2, -0.15) is 13.2 Å². The van der Waals surface area contributed by atoms with E-state index in [0.717, 1.165) is 48.9 Å². The molecule has 0 bridgehead atoms. The molecule has 0 N–H and O–H groups in total. The van der Waals surface area contributed by atoms with Crippen molar-refractivity contribution in [2.75, 3.05) is 20.6 Å². The second-order valence-corrected chi connectivity index (χ2v) is 7.35. The Morgan fingerprint density at radius 2 is 1.79 bits per heavy atom. The number of hydrogen-bond donors (Lipinski definition) is 0. The zero-order valence-electron chi connectivity index (χ0n) is 16.5. The van der Waals surface area contributed by atoms with E-state index in [-0.39, 0.29) is 5.92 Å². The SMILES string of the molecule is CCC(c1ccccc1)c1nc2cc(C(F)(F)F)ccc2n1CCCN(C)C. The molecule has 0 aliphatic heterocycles. The Labute approximate surface area is 163 Å². The fraction of sp³-hybridized carbons (Fsp3) is 0.409. The molecule has 0 saturated heterocycles. The third-order valence-electron chi connectivity index (χ3n) is 5.01. The van der Waals surface area contributed by atoms with E-state index in [0.29, 0.717) is 5.52 Å². The maximum Gasteiger partial charge on any atom is 0.416 e. The zero-order chi connectivity index (χ0) is 20.3. The summed E-state index contributed by atoms with van der Waals surface area (Å²) in [6.07, 6.45) is -2.64. The van der Waals surface area contributed by atoms with Crippen molar-refractivity contribution in [3.8, 4) is 0 Å². The average molecular weight is 389 g/mol. The standard InChI is InChI=1S/C22H26F3N3/c1-4-18(16-9-6-5-7-10-16)21-26-19-15-17(22(23,24)25)11-12-20(19)28(21)14-8-13-27(2)3/h5-7,9-12,15,18H,4,8,13-14H2,1-3H3. The van der Waals surface area contributed by atoms with Crippen molar-refractivity contribution in [3.05, 3.63) is 65.5 Å². The van der Waals surface area contributed by atoms with E-state index < -0.39 is 11.7 Å². The van der Waals surface area contributed by atoms with Gasteiger partial charge in [-0.1, -0.05) is 37.3 Å². The molecule has 1 atom stereocenters. The first-order valence-electron chi connectivity index (χ1n) is 9.58. The van der Waals surface area contributed by atoms with E-state index in [1.165, 1.54) is 6.07 Å². The van der Waals surface area contributed by atoms with Crippen LogP contribution >= 0.6 is 0 Å². The predicted molar refractivity (Wildman–Crippen MR) is 106 cm³/mol. The zero-order valence-corrected chi connectivity index (χ0v) is 16.5. The van der Waals surface area contributed by atoms with E-state index in [4.69, 9.17) is 0 Å². The third-order valence-corrected chi connectivity index (χ3v) is 5.01. The van der Waals surface area contributed by atoms with Gasteiger partial charge in [0.1, 0.15) is 5.82 Å². The summed E-state index contributed by atoms with van der Waals surface area (Å²) in [4.78, 5) is 6.79. The second-order valence-electron chi connectivity index (χ2n) is 7.35. The molecule has 0 fully saturated rings. The Morgan fingerprint density at radius 3 is 2.39 bits per heavy atom. The molecule has 1 aromatic heterocycles. The largest absolute Gasteiger partial charge is 0.416 e. The highest BCUT2D eigenvalue weighted by molar-refractivity contribution is 5.77. The molecule has 0 saturated carbocycles.